The number of halogens is 4. The van der Waals surface area contributed by atoms with Gasteiger partial charge in [-0.15, -0.1) is 11.6 Å². The maximum Gasteiger partial charge on any atom is 0.416 e. The monoisotopic (exact) mass is 278 g/mol. The van der Waals surface area contributed by atoms with Crippen LogP contribution >= 0.6 is 11.6 Å². The number of rotatable bonds is 2. The van der Waals surface area contributed by atoms with Crippen LogP contribution < -0.4 is 0 Å². The van der Waals surface area contributed by atoms with E-state index in [1.54, 1.807) is 0 Å². The van der Waals surface area contributed by atoms with E-state index in [2.05, 4.69) is 0 Å². The number of hydrogen-bond acceptors (Lipinski definition) is 1. The summed E-state index contributed by atoms with van der Waals surface area (Å²) in [6, 6.07) is 5.16. The minimum atomic E-state index is -4.29. The van der Waals surface area contributed by atoms with Gasteiger partial charge in [0.15, 0.2) is 0 Å². The molecule has 0 amide bonds. The molecule has 0 saturated carbocycles. The Morgan fingerprint density at radius 3 is 2.44 bits per heavy atom. The third-order valence-electron chi connectivity index (χ3n) is 3.21. The van der Waals surface area contributed by atoms with Gasteiger partial charge in [0, 0.05) is 18.4 Å². The van der Waals surface area contributed by atoms with Gasteiger partial charge in [-0.05, 0) is 30.5 Å². The Balaban J connectivity index is 2.18. The summed E-state index contributed by atoms with van der Waals surface area (Å²) in [7, 11) is 0. The molecule has 2 atom stereocenters. The highest BCUT2D eigenvalue weighted by molar-refractivity contribution is 6.18. The molecule has 1 aliphatic rings. The van der Waals surface area contributed by atoms with Crippen LogP contribution in [0.25, 0.3) is 0 Å². The summed E-state index contributed by atoms with van der Waals surface area (Å²) in [5.41, 5.74) is 0.137. The summed E-state index contributed by atoms with van der Waals surface area (Å²) in [5.74, 6) is 0.642. The van der Waals surface area contributed by atoms with E-state index in [-0.39, 0.29) is 12.0 Å². The first-order valence-corrected chi connectivity index (χ1v) is 6.40. The quantitative estimate of drug-likeness (QED) is 0.728. The largest absolute Gasteiger partial charge is 0.416 e. The highest BCUT2D eigenvalue weighted by Crippen LogP contribution is 2.36. The van der Waals surface area contributed by atoms with Crippen molar-refractivity contribution in [1.82, 2.24) is 0 Å². The fraction of sp³-hybridized carbons (Fsp3) is 0.538. The van der Waals surface area contributed by atoms with Crippen LogP contribution in [0.1, 0.15) is 30.1 Å². The lowest BCUT2D eigenvalue weighted by Crippen LogP contribution is -2.23. The number of ether oxygens (including phenoxy) is 1. The molecule has 1 saturated heterocycles. The topological polar surface area (TPSA) is 9.23 Å². The van der Waals surface area contributed by atoms with Gasteiger partial charge in [0.05, 0.1) is 11.7 Å². The second-order valence-corrected chi connectivity index (χ2v) is 4.78. The molecule has 0 bridgehead atoms. The Morgan fingerprint density at radius 2 is 1.89 bits per heavy atom. The highest BCUT2D eigenvalue weighted by Gasteiger charge is 2.31. The van der Waals surface area contributed by atoms with Gasteiger partial charge in [-0.3, -0.25) is 0 Å². The Morgan fingerprint density at radius 1 is 1.22 bits per heavy atom. The summed E-state index contributed by atoms with van der Waals surface area (Å²) in [6.45, 7) is 0.638. The number of benzene rings is 1. The van der Waals surface area contributed by atoms with Crippen LogP contribution in [-0.4, -0.2) is 12.5 Å². The van der Waals surface area contributed by atoms with Crippen LogP contribution in [0.5, 0.6) is 0 Å². The lowest BCUT2D eigenvalue weighted by atomic mass is 9.90. The van der Waals surface area contributed by atoms with Crippen LogP contribution in [0.2, 0.25) is 0 Å². The van der Waals surface area contributed by atoms with Crippen molar-refractivity contribution in [3.63, 3.8) is 0 Å². The molecule has 1 aliphatic heterocycles. The first kappa shape index (κ1) is 13.7. The zero-order valence-corrected chi connectivity index (χ0v) is 10.5. The molecule has 0 spiro atoms. The minimum absolute atomic E-state index is 0.178. The molecule has 1 aromatic carbocycles. The van der Waals surface area contributed by atoms with E-state index < -0.39 is 11.7 Å². The zero-order chi connectivity index (χ0) is 13.2. The molecular formula is C13H14ClF3O. The summed E-state index contributed by atoms with van der Waals surface area (Å²) < 4.78 is 43.0. The Hall–Kier alpha value is -0.740. The molecule has 2 rings (SSSR count). The van der Waals surface area contributed by atoms with E-state index in [4.69, 9.17) is 16.3 Å². The third-order valence-corrected chi connectivity index (χ3v) is 3.61. The van der Waals surface area contributed by atoms with Gasteiger partial charge in [-0.25, -0.2) is 0 Å². The van der Waals surface area contributed by atoms with Gasteiger partial charge >= 0.3 is 6.18 Å². The van der Waals surface area contributed by atoms with Crippen molar-refractivity contribution in [2.24, 2.45) is 5.92 Å². The van der Waals surface area contributed by atoms with Crippen LogP contribution in [0.15, 0.2) is 24.3 Å². The fourth-order valence-electron chi connectivity index (χ4n) is 2.23. The Kier molecular flexibility index (Phi) is 4.17. The maximum absolute atomic E-state index is 12.5. The second-order valence-electron chi connectivity index (χ2n) is 4.47. The third kappa shape index (κ3) is 2.98. The fourth-order valence-corrected chi connectivity index (χ4v) is 2.55. The molecule has 5 heteroatoms. The van der Waals surface area contributed by atoms with Crippen molar-refractivity contribution in [1.29, 1.82) is 0 Å². The predicted octanol–water partition coefficient (Wildman–Crippen LogP) is 4.41. The molecule has 18 heavy (non-hydrogen) atoms. The van der Waals surface area contributed by atoms with Gasteiger partial charge in [-0.1, -0.05) is 12.1 Å². The smallest absolute Gasteiger partial charge is 0.373 e. The molecule has 1 aromatic rings. The van der Waals surface area contributed by atoms with E-state index in [0.29, 0.717) is 12.5 Å². The van der Waals surface area contributed by atoms with Gasteiger partial charge in [-0.2, -0.15) is 13.2 Å². The summed E-state index contributed by atoms with van der Waals surface area (Å²) in [4.78, 5) is 0. The van der Waals surface area contributed by atoms with Crippen molar-refractivity contribution < 1.29 is 17.9 Å². The first-order chi connectivity index (χ1) is 8.52. The van der Waals surface area contributed by atoms with Gasteiger partial charge in [0.1, 0.15) is 0 Å². The van der Waals surface area contributed by atoms with Crippen LogP contribution in [0.4, 0.5) is 13.2 Å². The molecule has 1 fully saturated rings. The van der Waals surface area contributed by atoms with Crippen molar-refractivity contribution in [3.05, 3.63) is 35.4 Å². The van der Waals surface area contributed by atoms with Crippen LogP contribution in [0, 0.1) is 5.92 Å². The Labute approximate surface area is 109 Å². The molecule has 0 aliphatic carbocycles. The number of hydrogen-bond donors (Lipinski definition) is 0. The van der Waals surface area contributed by atoms with E-state index in [1.165, 1.54) is 12.1 Å². The van der Waals surface area contributed by atoms with E-state index >= 15 is 0 Å². The standard InChI is InChI=1S/C13H14ClF3O/c14-8-10-2-1-7-18-12(10)9-3-5-11(6-4-9)13(15,16)17/h3-6,10,12H,1-2,7-8H2/t10-,12+/m0/s1. The molecule has 0 N–H and O–H groups in total. The Bertz CT molecular complexity index is 388. The first-order valence-electron chi connectivity index (χ1n) is 5.87. The molecule has 100 valence electrons. The normalized spacial score (nSPS) is 25.1. The predicted molar refractivity (Wildman–Crippen MR) is 63.6 cm³/mol. The van der Waals surface area contributed by atoms with Gasteiger partial charge < -0.3 is 4.74 Å². The molecule has 1 heterocycles. The average Bonchev–Trinajstić information content (AvgIpc) is 2.38. The molecular weight excluding hydrogens is 265 g/mol. The summed E-state index contributed by atoms with van der Waals surface area (Å²) in [5, 5.41) is 0. The van der Waals surface area contributed by atoms with Crippen molar-refractivity contribution >= 4 is 11.6 Å². The molecule has 1 nitrogen and oxygen atoms in total. The van der Waals surface area contributed by atoms with Crippen molar-refractivity contribution in [2.45, 2.75) is 25.1 Å². The maximum atomic E-state index is 12.5. The molecule has 0 aromatic heterocycles. The van der Waals surface area contributed by atoms with Gasteiger partial charge in [0.2, 0.25) is 0 Å². The van der Waals surface area contributed by atoms with Gasteiger partial charge in [0.25, 0.3) is 0 Å². The average molecular weight is 279 g/mol. The van der Waals surface area contributed by atoms with Crippen molar-refractivity contribution in [2.75, 3.05) is 12.5 Å². The lowest BCUT2D eigenvalue weighted by Gasteiger charge is -2.30. The second kappa shape index (κ2) is 5.49. The van der Waals surface area contributed by atoms with E-state index in [9.17, 15) is 13.2 Å². The summed E-state index contributed by atoms with van der Waals surface area (Å²) >= 11 is 5.87. The molecule has 0 radical (unpaired) electrons. The van der Waals surface area contributed by atoms with Crippen LogP contribution in [0.3, 0.4) is 0 Å². The summed E-state index contributed by atoms with van der Waals surface area (Å²) in [6.07, 6.45) is -2.57. The van der Waals surface area contributed by atoms with Crippen LogP contribution in [-0.2, 0) is 10.9 Å². The van der Waals surface area contributed by atoms with E-state index in [1.807, 2.05) is 0 Å². The lowest BCUT2D eigenvalue weighted by molar-refractivity contribution is -0.137. The highest BCUT2D eigenvalue weighted by atomic mass is 35.5. The minimum Gasteiger partial charge on any atom is -0.373 e. The SMILES string of the molecule is FC(F)(F)c1ccc([C@H]2OCCC[C@H]2CCl)cc1. The van der Waals surface area contributed by atoms with E-state index in [0.717, 1.165) is 30.5 Å². The van der Waals surface area contributed by atoms with Crippen molar-refractivity contribution in [3.8, 4) is 0 Å². The number of alkyl halides is 4. The molecule has 0 unspecified atom stereocenters. The zero-order valence-electron chi connectivity index (χ0n) is 9.71.